The van der Waals surface area contributed by atoms with E-state index < -0.39 is 5.97 Å². The van der Waals surface area contributed by atoms with E-state index in [0.717, 1.165) is 22.9 Å². The van der Waals surface area contributed by atoms with Gasteiger partial charge >= 0.3 is 5.97 Å². The molecular weight excluding hydrogens is 240 g/mol. The number of carbonyl (C=O) groups is 1. The van der Waals surface area contributed by atoms with Crippen molar-refractivity contribution in [2.45, 2.75) is 13.3 Å². The standard InChI is InChI=1S/C15H14N2O2/c1-2-7-19-15(18)11(9-16)8-12-10-17-14-6-4-3-5-13(12)14/h3-6,8,10,17H,2,7H2,1H3. The van der Waals surface area contributed by atoms with Gasteiger partial charge in [0.25, 0.3) is 0 Å². The highest BCUT2D eigenvalue weighted by Crippen LogP contribution is 2.20. The van der Waals surface area contributed by atoms with Crippen LogP contribution < -0.4 is 0 Å². The van der Waals surface area contributed by atoms with Crippen LogP contribution in [-0.2, 0) is 9.53 Å². The first-order valence-electron chi connectivity index (χ1n) is 6.11. The lowest BCUT2D eigenvalue weighted by Crippen LogP contribution is -2.07. The topological polar surface area (TPSA) is 65.9 Å². The van der Waals surface area contributed by atoms with Crippen LogP contribution in [0.1, 0.15) is 18.9 Å². The van der Waals surface area contributed by atoms with Gasteiger partial charge in [-0.05, 0) is 18.6 Å². The lowest BCUT2D eigenvalue weighted by atomic mass is 10.1. The first kappa shape index (κ1) is 12.9. The number of nitrogens with one attached hydrogen (secondary N) is 1. The van der Waals surface area contributed by atoms with E-state index in [1.54, 1.807) is 12.3 Å². The van der Waals surface area contributed by atoms with Crippen molar-refractivity contribution in [1.29, 1.82) is 5.26 Å². The van der Waals surface area contributed by atoms with Crippen molar-refractivity contribution in [3.8, 4) is 6.07 Å². The average Bonchev–Trinajstić information content (AvgIpc) is 2.85. The zero-order valence-corrected chi connectivity index (χ0v) is 10.6. The zero-order valence-electron chi connectivity index (χ0n) is 10.6. The molecule has 0 fully saturated rings. The number of aromatic amines is 1. The lowest BCUT2D eigenvalue weighted by Gasteiger charge is -2.00. The molecule has 0 saturated heterocycles. The largest absolute Gasteiger partial charge is 0.462 e. The third kappa shape index (κ3) is 2.83. The molecule has 1 heterocycles. The fourth-order valence-electron chi connectivity index (χ4n) is 1.78. The summed E-state index contributed by atoms with van der Waals surface area (Å²) in [5.41, 5.74) is 1.78. The third-order valence-electron chi connectivity index (χ3n) is 2.70. The SMILES string of the molecule is CCCOC(=O)C(C#N)=Cc1c[nH]c2ccccc12. The van der Waals surface area contributed by atoms with Crippen LogP contribution in [0.25, 0.3) is 17.0 Å². The Bertz CT molecular complexity index is 662. The van der Waals surface area contributed by atoms with E-state index in [1.165, 1.54) is 0 Å². The van der Waals surface area contributed by atoms with Gasteiger partial charge in [0, 0.05) is 22.7 Å². The molecule has 0 radical (unpaired) electrons. The van der Waals surface area contributed by atoms with Crippen molar-refractivity contribution < 1.29 is 9.53 Å². The molecule has 0 atom stereocenters. The van der Waals surface area contributed by atoms with Crippen LogP contribution >= 0.6 is 0 Å². The number of nitrogens with zero attached hydrogens (tertiary/aromatic N) is 1. The van der Waals surface area contributed by atoms with Gasteiger partial charge in [0.15, 0.2) is 0 Å². The molecule has 1 N–H and O–H groups in total. The Balaban J connectivity index is 2.33. The van der Waals surface area contributed by atoms with Gasteiger partial charge < -0.3 is 9.72 Å². The molecule has 0 aliphatic heterocycles. The van der Waals surface area contributed by atoms with Gasteiger partial charge in [0.05, 0.1) is 6.61 Å². The quantitative estimate of drug-likeness (QED) is 0.518. The maximum atomic E-state index is 11.7. The van der Waals surface area contributed by atoms with Crippen LogP contribution in [0.4, 0.5) is 0 Å². The molecular formula is C15H14N2O2. The Labute approximate surface area is 111 Å². The van der Waals surface area contributed by atoms with Crippen molar-refractivity contribution in [3.05, 3.63) is 41.6 Å². The molecule has 0 aliphatic carbocycles. The van der Waals surface area contributed by atoms with E-state index in [0.29, 0.717) is 6.61 Å². The summed E-state index contributed by atoms with van der Waals surface area (Å²) in [6, 6.07) is 9.59. The molecule has 4 heteroatoms. The highest BCUT2D eigenvalue weighted by molar-refractivity contribution is 6.01. The van der Waals surface area contributed by atoms with Crippen molar-refractivity contribution in [2.75, 3.05) is 6.61 Å². The minimum Gasteiger partial charge on any atom is -0.462 e. The van der Waals surface area contributed by atoms with Gasteiger partial charge in [-0.1, -0.05) is 25.1 Å². The maximum Gasteiger partial charge on any atom is 0.348 e. The van der Waals surface area contributed by atoms with Crippen LogP contribution in [0.5, 0.6) is 0 Å². The normalized spacial score (nSPS) is 11.3. The van der Waals surface area contributed by atoms with Gasteiger partial charge in [-0.3, -0.25) is 0 Å². The summed E-state index contributed by atoms with van der Waals surface area (Å²) in [7, 11) is 0. The number of H-pyrrole nitrogens is 1. The minimum absolute atomic E-state index is 0.0122. The van der Waals surface area contributed by atoms with E-state index in [-0.39, 0.29) is 5.57 Å². The van der Waals surface area contributed by atoms with Crippen molar-refractivity contribution in [1.82, 2.24) is 4.98 Å². The molecule has 2 aromatic rings. The summed E-state index contributed by atoms with van der Waals surface area (Å²) in [6.07, 6.45) is 4.06. The van der Waals surface area contributed by atoms with Crippen LogP contribution in [0.2, 0.25) is 0 Å². The molecule has 19 heavy (non-hydrogen) atoms. The number of para-hydroxylation sites is 1. The number of hydrogen-bond acceptors (Lipinski definition) is 3. The first-order chi connectivity index (χ1) is 9.26. The molecule has 0 aliphatic rings. The number of ether oxygens (including phenoxy) is 1. The highest BCUT2D eigenvalue weighted by Gasteiger charge is 2.11. The zero-order chi connectivity index (χ0) is 13.7. The molecule has 4 nitrogen and oxygen atoms in total. The fourth-order valence-corrected chi connectivity index (χ4v) is 1.78. The summed E-state index contributed by atoms with van der Waals surface area (Å²) in [4.78, 5) is 14.8. The van der Waals surface area contributed by atoms with E-state index in [4.69, 9.17) is 10.00 Å². The van der Waals surface area contributed by atoms with Crippen LogP contribution in [0.15, 0.2) is 36.0 Å². The molecule has 0 spiro atoms. The molecule has 0 bridgehead atoms. The lowest BCUT2D eigenvalue weighted by molar-refractivity contribution is -0.138. The number of benzene rings is 1. The second kappa shape index (κ2) is 5.87. The Kier molecular flexibility index (Phi) is 3.99. The molecule has 2 rings (SSSR count). The monoisotopic (exact) mass is 254 g/mol. The van der Waals surface area contributed by atoms with E-state index in [1.807, 2.05) is 37.3 Å². The van der Waals surface area contributed by atoms with Crippen LogP contribution in [0, 0.1) is 11.3 Å². The average molecular weight is 254 g/mol. The summed E-state index contributed by atoms with van der Waals surface area (Å²) in [5.74, 6) is -0.574. The first-order valence-corrected chi connectivity index (χ1v) is 6.11. The number of rotatable bonds is 4. The predicted molar refractivity (Wildman–Crippen MR) is 73.1 cm³/mol. The second-order valence-corrected chi connectivity index (χ2v) is 4.10. The van der Waals surface area contributed by atoms with Crippen molar-refractivity contribution in [2.24, 2.45) is 0 Å². The van der Waals surface area contributed by atoms with Crippen LogP contribution in [0.3, 0.4) is 0 Å². The summed E-state index contributed by atoms with van der Waals surface area (Å²) in [6.45, 7) is 2.23. The predicted octanol–water partition coefficient (Wildman–Crippen LogP) is 3.03. The van der Waals surface area contributed by atoms with Crippen molar-refractivity contribution >= 4 is 22.9 Å². The number of aromatic nitrogens is 1. The van der Waals surface area contributed by atoms with Crippen LogP contribution in [-0.4, -0.2) is 17.6 Å². The van der Waals surface area contributed by atoms with E-state index in [2.05, 4.69) is 4.98 Å². The molecule has 1 aromatic heterocycles. The Morgan fingerprint density at radius 1 is 1.47 bits per heavy atom. The minimum atomic E-state index is -0.574. The molecule has 0 amide bonds. The maximum absolute atomic E-state index is 11.7. The molecule has 0 saturated carbocycles. The van der Waals surface area contributed by atoms with Gasteiger partial charge in [-0.2, -0.15) is 5.26 Å². The molecule has 0 unspecified atom stereocenters. The fraction of sp³-hybridized carbons (Fsp3) is 0.200. The Hall–Kier alpha value is -2.54. The Morgan fingerprint density at radius 3 is 3.00 bits per heavy atom. The Morgan fingerprint density at radius 2 is 2.26 bits per heavy atom. The number of carbonyl (C=O) groups excluding carboxylic acids is 1. The molecule has 96 valence electrons. The highest BCUT2D eigenvalue weighted by atomic mass is 16.5. The van der Waals surface area contributed by atoms with Gasteiger partial charge in [-0.25, -0.2) is 4.79 Å². The van der Waals surface area contributed by atoms with Gasteiger partial charge in [0.1, 0.15) is 11.6 Å². The number of nitriles is 1. The van der Waals surface area contributed by atoms with Gasteiger partial charge in [0.2, 0.25) is 0 Å². The third-order valence-corrected chi connectivity index (χ3v) is 2.70. The second-order valence-electron chi connectivity index (χ2n) is 4.10. The van der Waals surface area contributed by atoms with E-state index in [9.17, 15) is 4.79 Å². The molecule has 1 aromatic carbocycles. The summed E-state index contributed by atoms with van der Waals surface area (Å²) in [5, 5.41) is 10.0. The van der Waals surface area contributed by atoms with Crippen molar-refractivity contribution in [3.63, 3.8) is 0 Å². The smallest absolute Gasteiger partial charge is 0.348 e. The number of esters is 1. The van der Waals surface area contributed by atoms with Gasteiger partial charge in [-0.15, -0.1) is 0 Å². The van der Waals surface area contributed by atoms with E-state index >= 15 is 0 Å². The number of hydrogen-bond donors (Lipinski definition) is 1. The summed E-state index contributed by atoms with van der Waals surface area (Å²) < 4.78 is 4.97. The summed E-state index contributed by atoms with van der Waals surface area (Å²) >= 11 is 0. The number of fused-ring (bicyclic) bond motifs is 1.